The molecule has 174 valence electrons. The number of halogens is 3. The van der Waals surface area contributed by atoms with Gasteiger partial charge in [0.15, 0.2) is 16.6 Å². The molecule has 1 aliphatic heterocycles. The Hall–Kier alpha value is -3.11. The van der Waals surface area contributed by atoms with E-state index >= 15 is 0 Å². The molecule has 1 aliphatic rings. The number of hydrogen-bond donors (Lipinski definition) is 1. The van der Waals surface area contributed by atoms with Crippen molar-refractivity contribution in [2.24, 2.45) is 0 Å². The van der Waals surface area contributed by atoms with Gasteiger partial charge in [-0.1, -0.05) is 6.07 Å². The fourth-order valence-electron chi connectivity index (χ4n) is 3.75. The van der Waals surface area contributed by atoms with Gasteiger partial charge in [0, 0.05) is 30.6 Å². The number of rotatable bonds is 6. The van der Waals surface area contributed by atoms with Crippen molar-refractivity contribution < 1.29 is 27.4 Å². The largest absolute Gasteiger partial charge is 0.493 e. The Balaban J connectivity index is 1.40. The van der Waals surface area contributed by atoms with Crippen molar-refractivity contribution in [3.63, 3.8) is 0 Å². The summed E-state index contributed by atoms with van der Waals surface area (Å²) in [4.78, 5) is 19.1. The van der Waals surface area contributed by atoms with Crippen LogP contribution in [0.3, 0.4) is 0 Å². The number of fused-ring (bicyclic) bond motifs is 1. The van der Waals surface area contributed by atoms with Crippen LogP contribution in [0.5, 0.6) is 11.5 Å². The Labute approximate surface area is 193 Å². The maximum absolute atomic E-state index is 12.9. The maximum atomic E-state index is 12.9. The monoisotopic (exact) mass is 477 g/mol. The molecule has 2 aromatic carbocycles. The summed E-state index contributed by atoms with van der Waals surface area (Å²) in [5, 5.41) is 4.77. The molecule has 2 heterocycles. The van der Waals surface area contributed by atoms with Crippen molar-refractivity contribution in [2.45, 2.75) is 25.7 Å². The van der Waals surface area contributed by atoms with E-state index in [1.54, 1.807) is 14.2 Å². The van der Waals surface area contributed by atoms with Crippen LogP contribution in [-0.2, 0) is 25.7 Å². The molecule has 0 saturated carbocycles. The molecule has 0 unspecified atom stereocenters. The van der Waals surface area contributed by atoms with Gasteiger partial charge in [-0.2, -0.15) is 13.2 Å². The van der Waals surface area contributed by atoms with Crippen LogP contribution in [0, 0.1) is 0 Å². The first-order valence-electron chi connectivity index (χ1n) is 10.2. The molecule has 1 aromatic heterocycles. The number of ether oxygens (including phenoxy) is 2. The average molecular weight is 478 g/mol. The van der Waals surface area contributed by atoms with Crippen LogP contribution in [-0.4, -0.2) is 36.6 Å². The number of nitrogens with one attached hydrogen (secondary N) is 1. The summed E-state index contributed by atoms with van der Waals surface area (Å²) in [5.41, 5.74) is 2.22. The van der Waals surface area contributed by atoms with E-state index in [4.69, 9.17) is 9.47 Å². The van der Waals surface area contributed by atoms with Gasteiger partial charge in [-0.05, 0) is 47.9 Å². The molecule has 1 N–H and O–H groups in total. The minimum atomic E-state index is -4.51. The molecule has 10 heteroatoms. The van der Waals surface area contributed by atoms with Gasteiger partial charge in [0.2, 0.25) is 0 Å². The quantitative estimate of drug-likeness (QED) is 0.542. The molecular formula is C23H22F3N3O3S. The molecular weight excluding hydrogens is 455 g/mol. The highest BCUT2D eigenvalue weighted by Crippen LogP contribution is 2.34. The Morgan fingerprint density at radius 2 is 1.88 bits per heavy atom. The third kappa shape index (κ3) is 5.28. The van der Waals surface area contributed by atoms with Crippen molar-refractivity contribution in [3.05, 3.63) is 69.7 Å². The van der Waals surface area contributed by atoms with E-state index in [1.807, 2.05) is 17.5 Å². The van der Waals surface area contributed by atoms with Crippen molar-refractivity contribution in [2.75, 3.05) is 26.1 Å². The van der Waals surface area contributed by atoms with Crippen LogP contribution >= 0.6 is 11.3 Å². The van der Waals surface area contributed by atoms with Crippen molar-refractivity contribution in [1.82, 2.24) is 9.88 Å². The van der Waals surface area contributed by atoms with Gasteiger partial charge in [0.25, 0.3) is 5.91 Å². The normalized spacial score (nSPS) is 14.0. The standard InChI is InChI=1S/C23H22F3N3O3S/c1-31-19-9-14-6-7-29(11-16(14)10-20(19)32-2)12-18-13-33-22(27-18)28-21(30)15-4-3-5-17(8-15)23(24,25)26/h3-5,8-10,13H,6-7,11-12H2,1-2H3,(H,27,28,30). The Kier molecular flexibility index (Phi) is 6.57. The lowest BCUT2D eigenvalue weighted by Gasteiger charge is -2.29. The highest BCUT2D eigenvalue weighted by Gasteiger charge is 2.31. The predicted octanol–water partition coefficient (Wildman–Crippen LogP) is 4.99. The zero-order chi connectivity index (χ0) is 23.6. The van der Waals surface area contributed by atoms with Gasteiger partial charge in [-0.3, -0.25) is 15.0 Å². The number of alkyl halides is 3. The van der Waals surface area contributed by atoms with E-state index in [9.17, 15) is 18.0 Å². The molecule has 6 nitrogen and oxygen atoms in total. The van der Waals surface area contributed by atoms with Gasteiger partial charge >= 0.3 is 6.18 Å². The number of anilines is 1. The maximum Gasteiger partial charge on any atom is 0.416 e. The molecule has 0 spiro atoms. The van der Waals surface area contributed by atoms with Crippen LogP contribution in [0.2, 0.25) is 0 Å². The summed E-state index contributed by atoms with van der Waals surface area (Å²) >= 11 is 1.24. The molecule has 4 rings (SSSR count). The van der Waals surface area contributed by atoms with E-state index in [1.165, 1.54) is 29.0 Å². The van der Waals surface area contributed by atoms with Crippen molar-refractivity contribution >= 4 is 22.4 Å². The number of amides is 1. The fourth-order valence-corrected chi connectivity index (χ4v) is 4.45. The van der Waals surface area contributed by atoms with Gasteiger partial charge < -0.3 is 9.47 Å². The van der Waals surface area contributed by atoms with Crippen molar-refractivity contribution in [1.29, 1.82) is 0 Å². The second-order valence-electron chi connectivity index (χ2n) is 7.61. The van der Waals surface area contributed by atoms with Gasteiger partial charge in [0.1, 0.15) is 0 Å². The van der Waals surface area contributed by atoms with Crippen LogP contribution in [0.15, 0.2) is 41.8 Å². The first-order valence-corrected chi connectivity index (χ1v) is 11.0. The van der Waals surface area contributed by atoms with Crippen LogP contribution < -0.4 is 14.8 Å². The van der Waals surface area contributed by atoms with Crippen LogP contribution in [0.25, 0.3) is 0 Å². The Bertz CT molecular complexity index is 1160. The predicted molar refractivity (Wildman–Crippen MR) is 119 cm³/mol. The number of hydrogen-bond acceptors (Lipinski definition) is 6. The Morgan fingerprint density at radius 3 is 2.58 bits per heavy atom. The van der Waals surface area contributed by atoms with Gasteiger partial charge in [-0.15, -0.1) is 11.3 Å². The molecule has 0 fully saturated rings. The van der Waals surface area contributed by atoms with E-state index in [-0.39, 0.29) is 5.56 Å². The van der Waals surface area contributed by atoms with Gasteiger partial charge in [0.05, 0.1) is 25.5 Å². The second kappa shape index (κ2) is 9.40. The zero-order valence-corrected chi connectivity index (χ0v) is 18.8. The third-order valence-corrected chi connectivity index (χ3v) is 6.21. The summed E-state index contributed by atoms with van der Waals surface area (Å²) in [6, 6.07) is 8.31. The lowest BCUT2D eigenvalue weighted by molar-refractivity contribution is -0.137. The average Bonchev–Trinajstić information content (AvgIpc) is 3.24. The smallest absolute Gasteiger partial charge is 0.416 e. The summed E-state index contributed by atoms with van der Waals surface area (Å²) in [6.45, 7) is 2.15. The summed E-state index contributed by atoms with van der Waals surface area (Å²) in [6.07, 6.45) is -3.65. The summed E-state index contributed by atoms with van der Waals surface area (Å²) < 4.78 is 49.5. The lowest BCUT2D eigenvalue weighted by Crippen LogP contribution is -2.30. The first-order chi connectivity index (χ1) is 15.8. The molecule has 0 bridgehead atoms. The number of aromatic nitrogens is 1. The molecule has 0 aliphatic carbocycles. The van der Waals surface area contributed by atoms with E-state index in [0.29, 0.717) is 23.2 Å². The molecule has 0 radical (unpaired) electrons. The third-order valence-electron chi connectivity index (χ3n) is 5.41. The molecule has 0 saturated heterocycles. The number of benzene rings is 2. The molecule has 1 amide bonds. The SMILES string of the molecule is COc1cc2c(cc1OC)CN(Cc1csc(NC(=O)c3cccc(C(F)(F)F)c3)n1)CC2. The first kappa shape index (κ1) is 23.1. The van der Waals surface area contributed by atoms with Gasteiger partial charge in [-0.25, -0.2) is 4.98 Å². The topological polar surface area (TPSA) is 63.7 Å². The number of thiazole rings is 1. The minimum Gasteiger partial charge on any atom is -0.493 e. The molecule has 33 heavy (non-hydrogen) atoms. The van der Waals surface area contributed by atoms with E-state index < -0.39 is 17.6 Å². The van der Waals surface area contributed by atoms with Crippen LogP contribution in [0.1, 0.15) is 32.7 Å². The number of carbonyl (C=O) groups excluding carboxylic acids is 1. The fraction of sp³-hybridized carbons (Fsp3) is 0.304. The highest BCUT2D eigenvalue weighted by molar-refractivity contribution is 7.14. The highest BCUT2D eigenvalue weighted by atomic mass is 32.1. The molecule has 3 aromatic rings. The summed E-state index contributed by atoms with van der Waals surface area (Å²) in [5.74, 6) is 0.770. The summed E-state index contributed by atoms with van der Waals surface area (Å²) in [7, 11) is 3.22. The van der Waals surface area contributed by atoms with E-state index in [2.05, 4.69) is 15.2 Å². The minimum absolute atomic E-state index is 0.0708. The molecule has 0 atom stereocenters. The zero-order valence-electron chi connectivity index (χ0n) is 18.0. The van der Waals surface area contributed by atoms with E-state index in [0.717, 1.165) is 42.9 Å². The number of nitrogens with zero attached hydrogens (tertiary/aromatic N) is 2. The van der Waals surface area contributed by atoms with Crippen LogP contribution in [0.4, 0.5) is 18.3 Å². The Morgan fingerprint density at radius 1 is 1.15 bits per heavy atom. The number of methoxy groups -OCH3 is 2. The number of carbonyl (C=O) groups is 1. The van der Waals surface area contributed by atoms with Crippen molar-refractivity contribution in [3.8, 4) is 11.5 Å². The second-order valence-corrected chi connectivity index (χ2v) is 8.47. The lowest BCUT2D eigenvalue weighted by atomic mass is 9.98.